The minimum atomic E-state index is -1.42. The molecule has 18 heavy (non-hydrogen) atoms. The van der Waals surface area contributed by atoms with E-state index in [-0.39, 0.29) is 16.3 Å². The van der Waals surface area contributed by atoms with Crippen molar-refractivity contribution in [2.24, 2.45) is 0 Å². The molecule has 2 nitrogen and oxygen atoms in total. The molecule has 0 saturated carbocycles. The van der Waals surface area contributed by atoms with E-state index in [9.17, 15) is 14.6 Å². The van der Waals surface area contributed by atoms with E-state index in [1.54, 1.807) is 12.1 Å². The monoisotopic (exact) mass is 266 g/mol. The third-order valence-electron chi connectivity index (χ3n) is 2.88. The zero-order valence-corrected chi connectivity index (χ0v) is 10.4. The zero-order valence-electron chi connectivity index (χ0n) is 9.69. The summed E-state index contributed by atoms with van der Waals surface area (Å²) < 4.78 is 13.2. The second kappa shape index (κ2) is 4.59. The molecule has 0 heterocycles. The summed E-state index contributed by atoms with van der Waals surface area (Å²) in [6, 6.07) is 9.89. The van der Waals surface area contributed by atoms with Crippen LogP contribution in [-0.4, -0.2) is 10.2 Å². The Balaban J connectivity index is 2.53. The van der Waals surface area contributed by atoms with Crippen molar-refractivity contribution >= 4 is 11.6 Å². The maximum atomic E-state index is 13.2. The fourth-order valence-corrected chi connectivity index (χ4v) is 2.11. The number of aliphatic hydroxyl groups is 1. The van der Waals surface area contributed by atoms with Crippen molar-refractivity contribution in [3.05, 3.63) is 64.4 Å². The fraction of sp³-hybridized carbons (Fsp3) is 0.143. The van der Waals surface area contributed by atoms with Gasteiger partial charge in [0.1, 0.15) is 17.2 Å². The van der Waals surface area contributed by atoms with Crippen LogP contribution < -0.4 is 0 Å². The molecule has 0 aliphatic heterocycles. The number of phenolic OH excluding ortho intramolecular Hbond substituents is 1. The van der Waals surface area contributed by atoms with Gasteiger partial charge in [-0.3, -0.25) is 0 Å². The van der Waals surface area contributed by atoms with E-state index in [4.69, 9.17) is 11.6 Å². The van der Waals surface area contributed by atoms with E-state index in [0.29, 0.717) is 5.56 Å². The Morgan fingerprint density at radius 1 is 1.11 bits per heavy atom. The van der Waals surface area contributed by atoms with Gasteiger partial charge < -0.3 is 10.2 Å². The normalized spacial score (nSPS) is 14.2. The average Bonchev–Trinajstić information content (AvgIpc) is 2.32. The van der Waals surface area contributed by atoms with Crippen molar-refractivity contribution < 1.29 is 14.6 Å². The Morgan fingerprint density at radius 3 is 2.33 bits per heavy atom. The van der Waals surface area contributed by atoms with Crippen molar-refractivity contribution in [2.75, 3.05) is 0 Å². The van der Waals surface area contributed by atoms with Crippen molar-refractivity contribution in [1.82, 2.24) is 0 Å². The van der Waals surface area contributed by atoms with Crippen LogP contribution in [0.25, 0.3) is 0 Å². The molecule has 2 aromatic rings. The van der Waals surface area contributed by atoms with Crippen molar-refractivity contribution in [1.29, 1.82) is 0 Å². The largest absolute Gasteiger partial charge is 0.508 e. The van der Waals surface area contributed by atoms with E-state index >= 15 is 0 Å². The predicted octanol–water partition coefficient (Wildman–Crippen LogP) is 3.44. The molecule has 0 radical (unpaired) electrons. The number of benzene rings is 2. The maximum Gasteiger partial charge on any atom is 0.123 e. The van der Waals surface area contributed by atoms with Crippen LogP contribution in [0, 0.1) is 5.82 Å². The standard InChI is InChI=1S/C14H12ClFO2/c1-14(18,9-2-5-11(17)6-3-9)12-8-10(16)4-7-13(12)15/h2-8,17-18H,1H3. The first-order valence-corrected chi connectivity index (χ1v) is 5.76. The molecule has 0 saturated heterocycles. The zero-order chi connectivity index (χ0) is 13.3. The SMILES string of the molecule is CC(O)(c1ccc(O)cc1)c1cc(F)ccc1Cl. The molecule has 0 aliphatic rings. The number of phenols is 1. The minimum absolute atomic E-state index is 0.0971. The smallest absolute Gasteiger partial charge is 0.123 e. The second-order valence-corrected chi connectivity index (χ2v) is 4.65. The average molecular weight is 267 g/mol. The first-order chi connectivity index (χ1) is 8.41. The molecule has 1 atom stereocenters. The van der Waals surface area contributed by atoms with Gasteiger partial charge in [0.15, 0.2) is 0 Å². The Bertz CT molecular complexity index is 565. The van der Waals surface area contributed by atoms with Crippen LogP contribution in [0.3, 0.4) is 0 Å². The van der Waals surface area contributed by atoms with E-state index < -0.39 is 11.4 Å². The topological polar surface area (TPSA) is 40.5 Å². The molecule has 0 spiro atoms. The molecular weight excluding hydrogens is 255 g/mol. The van der Waals surface area contributed by atoms with E-state index in [1.165, 1.54) is 37.3 Å². The van der Waals surface area contributed by atoms with Gasteiger partial charge in [-0.1, -0.05) is 23.7 Å². The number of hydrogen-bond donors (Lipinski definition) is 2. The Labute approximate surface area is 109 Å². The lowest BCUT2D eigenvalue weighted by atomic mass is 9.88. The molecule has 2 aromatic carbocycles. The van der Waals surface area contributed by atoms with Gasteiger partial charge in [-0.05, 0) is 42.8 Å². The Hall–Kier alpha value is -1.58. The highest BCUT2D eigenvalue weighted by atomic mass is 35.5. The summed E-state index contributed by atoms with van der Waals surface area (Å²) in [6.45, 7) is 1.53. The van der Waals surface area contributed by atoms with Crippen LogP contribution in [0.15, 0.2) is 42.5 Å². The highest BCUT2D eigenvalue weighted by Crippen LogP contribution is 2.34. The lowest BCUT2D eigenvalue weighted by Gasteiger charge is -2.25. The molecule has 0 bridgehead atoms. The lowest BCUT2D eigenvalue weighted by Crippen LogP contribution is -2.23. The molecule has 4 heteroatoms. The van der Waals surface area contributed by atoms with Crippen LogP contribution in [0.2, 0.25) is 5.02 Å². The maximum absolute atomic E-state index is 13.2. The minimum Gasteiger partial charge on any atom is -0.508 e. The van der Waals surface area contributed by atoms with E-state index in [0.717, 1.165) is 0 Å². The molecule has 0 aliphatic carbocycles. The number of aromatic hydroxyl groups is 1. The molecule has 2 N–H and O–H groups in total. The van der Waals surface area contributed by atoms with Crippen LogP contribution in [0.1, 0.15) is 18.1 Å². The highest BCUT2D eigenvalue weighted by Gasteiger charge is 2.28. The summed E-state index contributed by atoms with van der Waals surface area (Å²) in [5, 5.41) is 20.0. The van der Waals surface area contributed by atoms with Gasteiger partial charge in [0.05, 0.1) is 0 Å². The summed E-state index contributed by atoms with van der Waals surface area (Å²) >= 11 is 5.99. The van der Waals surface area contributed by atoms with Gasteiger partial charge in [0.25, 0.3) is 0 Å². The molecule has 0 aromatic heterocycles. The van der Waals surface area contributed by atoms with Gasteiger partial charge in [-0.15, -0.1) is 0 Å². The number of rotatable bonds is 2. The summed E-state index contributed by atoms with van der Waals surface area (Å²) in [7, 11) is 0. The van der Waals surface area contributed by atoms with E-state index in [1.807, 2.05) is 0 Å². The number of hydrogen-bond acceptors (Lipinski definition) is 2. The van der Waals surface area contributed by atoms with Gasteiger partial charge in [0, 0.05) is 10.6 Å². The quantitative estimate of drug-likeness (QED) is 0.874. The Kier molecular flexibility index (Phi) is 3.28. The van der Waals surface area contributed by atoms with Gasteiger partial charge >= 0.3 is 0 Å². The van der Waals surface area contributed by atoms with Crippen LogP contribution in [-0.2, 0) is 5.60 Å². The lowest BCUT2D eigenvalue weighted by molar-refractivity contribution is 0.102. The first-order valence-electron chi connectivity index (χ1n) is 5.38. The third-order valence-corrected chi connectivity index (χ3v) is 3.21. The first kappa shape index (κ1) is 12.9. The van der Waals surface area contributed by atoms with Gasteiger partial charge in [-0.2, -0.15) is 0 Å². The summed E-state index contributed by atoms with van der Waals surface area (Å²) in [5.74, 6) is -0.367. The second-order valence-electron chi connectivity index (χ2n) is 4.24. The summed E-state index contributed by atoms with van der Waals surface area (Å²) in [4.78, 5) is 0. The van der Waals surface area contributed by atoms with Crippen molar-refractivity contribution in [2.45, 2.75) is 12.5 Å². The molecule has 2 rings (SSSR count). The summed E-state index contributed by atoms with van der Waals surface area (Å²) in [5.41, 5.74) is -0.616. The number of halogens is 2. The van der Waals surface area contributed by atoms with E-state index in [2.05, 4.69) is 0 Å². The van der Waals surface area contributed by atoms with Crippen LogP contribution in [0.4, 0.5) is 4.39 Å². The third kappa shape index (κ3) is 2.33. The predicted molar refractivity (Wildman–Crippen MR) is 68.2 cm³/mol. The van der Waals surface area contributed by atoms with Crippen LogP contribution in [0.5, 0.6) is 5.75 Å². The summed E-state index contributed by atoms with van der Waals surface area (Å²) in [6.07, 6.45) is 0. The van der Waals surface area contributed by atoms with Crippen LogP contribution >= 0.6 is 11.6 Å². The Morgan fingerprint density at radius 2 is 1.72 bits per heavy atom. The van der Waals surface area contributed by atoms with Gasteiger partial charge in [0.2, 0.25) is 0 Å². The van der Waals surface area contributed by atoms with Gasteiger partial charge in [-0.25, -0.2) is 4.39 Å². The van der Waals surface area contributed by atoms with Crippen molar-refractivity contribution in [3.63, 3.8) is 0 Å². The van der Waals surface area contributed by atoms with Crippen molar-refractivity contribution in [3.8, 4) is 5.75 Å². The molecule has 1 unspecified atom stereocenters. The molecule has 94 valence electrons. The fourth-order valence-electron chi connectivity index (χ4n) is 1.81. The highest BCUT2D eigenvalue weighted by molar-refractivity contribution is 6.31. The molecule has 0 amide bonds. The molecular formula is C14H12ClFO2. The molecule has 0 fully saturated rings.